The van der Waals surface area contributed by atoms with E-state index in [1.165, 1.54) is 15.1 Å². The Bertz CT molecular complexity index is 1210. The van der Waals surface area contributed by atoms with Crippen molar-refractivity contribution in [3.8, 4) is 12.3 Å². The molecule has 1 aliphatic carbocycles. The third-order valence-corrected chi connectivity index (χ3v) is 7.68. The van der Waals surface area contributed by atoms with Gasteiger partial charge in [-0.15, -0.1) is 6.42 Å². The minimum absolute atomic E-state index is 0.0233. The van der Waals surface area contributed by atoms with Crippen LogP contribution in [0, 0.1) is 12.3 Å². The van der Waals surface area contributed by atoms with Crippen molar-refractivity contribution in [1.29, 1.82) is 0 Å². The number of sulfonamides is 1. The van der Waals surface area contributed by atoms with Crippen molar-refractivity contribution in [2.24, 2.45) is 0 Å². The average Bonchev–Trinajstić information content (AvgIpc) is 3.06. The van der Waals surface area contributed by atoms with Gasteiger partial charge in [-0.25, -0.2) is 17.7 Å². The van der Waals surface area contributed by atoms with Gasteiger partial charge in [-0.05, 0) is 45.1 Å². The molecule has 9 nitrogen and oxygen atoms in total. The average molecular weight is 446 g/mol. The number of anilines is 1. The zero-order valence-corrected chi connectivity index (χ0v) is 18.5. The molecule has 0 spiro atoms. The Morgan fingerprint density at radius 1 is 1.32 bits per heavy atom. The molecule has 0 amide bonds. The van der Waals surface area contributed by atoms with Crippen molar-refractivity contribution in [2.75, 3.05) is 24.7 Å². The van der Waals surface area contributed by atoms with E-state index in [1.54, 1.807) is 19.2 Å². The van der Waals surface area contributed by atoms with Crippen molar-refractivity contribution in [3.63, 3.8) is 0 Å². The number of pyridine rings is 1. The largest absolute Gasteiger partial charge is 0.388 e. The molecule has 10 heteroatoms. The number of fused-ring (bicyclic) bond motifs is 1. The molecule has 31 heavy (non-hydrogen) atoms. The highest BCUT2D eigenvalue weighted by Gasteiger charge is 2.39. The number of hydrogen-bond donors (Lipinski definition) is 2. The minimum atomic E-state index is -3.19. The Labute approximate surface area is 181 Å². The van der Waals surface area contributed by atoms with Crippen molar-refractivity contribution in [2.45, 2.75) is 56.7 Å². The van der Waals surface area contributed by atoms with Crippen LogP contribution in [0.15, 0.2) is 17.1 Å². The predicted molar refractivity (Wildman–Crippen MR) is 118 cm³/mol. The number of nitrogens with one attached hydrogen (secondary N) is 1. The van der Waals surface area contributed by atoms with Gasteiger partial charge >= 0.3 is 0 Å². The van der Waals surface area contributed by atoms with Crippen molar-refractivity contribution < 1.29 is 13.5 Å². The number of nitrogens with zero attached hydrogens (tertiary/aromatic N) is 4. The highest BCUT2D eigenvalue weighted by molar-refractivity contribution is 7.88. The highest BCUT2D eigenvalue weighted by atomic mass is 32.2. The Balaban J connectivity index is 1.68. The Hall–Kier alpha value is -2.48. The minimum Gasteiger partial charge on any atom is -0.388 e. The zero-order valence-electron chi connectivity index (χ0n) is 17.7. The maximum Gasteiger partial charge on any atom is 0.268 e. The summed E-state index contributed by atoms with van der Waals surface area (Å²) in [6, 6.07) is 1.21. The Kier molecular flexibility index (Phi) is 5.54. The fraction of sp³-hybridized carbons (Fsp3) is 0.571. The molecule has 1 saturated heterocycles. The normalized spacial score (nSPS) is 25.5. The number of piperidine rings is 1. The number of rotatable bonds is 4. The van der Waals surface area contributed by atoms with Crippen LogP contribution >= 0.6 is 0 Å². The molecule has 2 N–H and O–H groups in total. The van der Waals surface area contributed by atoms with Gasteiger partial charge in [0.15, 0.2) is 0 Å². The van der Waals surface area contributed by atoms with Crippen LogP contribution in [0.1, 0.15) is 50.6 Å². The van der Waals surface area contributed by atoms with Gasteiger partial charge in [-0.1, -0.05) is 5.92 Å². The number of hydrogen-bond acceptors (Lipinski definition) is 7. The van der Waals surface area contributed by atoms with Crippen LogP contribution in [0.25, 0.3) is 11.0 Å². The molecule has 0 aromatic carbocycles. The van der Waals surface area contributed by atoms with E-state index >= 15 is 0 Å². The molecular weight excluding hydrogens is 418 g/mol. The molecule has 1 saturated carbocycles. The van der Waals surface area contributed by atoms with Gasteiger partial charge in [-0.3, -0.25) is 9.36 Å². The van der Waals surface area contributed by atoms with E-state index < -0.39 is 21.7 Å². The summed E-state index contributed by atoms with van der Waals surface area (Å²) in [4.78, 5) is 22.1. The molecule has 1 aliphatic heterocycles. The lowest BCUT2D eigenvalue weighted by Gasteiger charge is -2.31. The first-order valence-electron chi connectivity index (χ1n) is 10.4. The first kappa shape index (κ1) is 21.7. The van der Waals surface area contributed by atoms with Gasteiger partial charge in [0.2, 0.25) is 16.0 Å². The summed E-state index contributed by atoms with van der Waals surface area (Å²) in [6.07, 6.45) is 11.7. The topological polar surface area (TPSA) is 117 Å². The highest BCUT2D eigenvalue weighted by Crippen LogP contribution is 2.39. The van der Waals surface area contributed by atoms with E-state index in [4.69, 9.17) is 6.42 Å². The van der Waals surface area contributed by atoms with E-state index in [2.05, 4.69) is 21.2 Å². The summed E-state index contributed by atoms with van der Waals surface area (Å²) in [6.45, 7) is 2.61. The summed E-state index contributed by atoms with van der Waals surface area (Å²) < 4.78 is 26.4. The van der Waals surface area contributed by atoms with Crippen molar-refractivity contribution in [1.82, 2.24) is 18.8 Å². The second kappa shape index (κ2) is 7.89. The fourth-order valence-electron chi connectivity index (χ4n) is 4.63. The molecule has 0 bridgehead atoms. The standard InChI is InChI=1S/C21H27N5O4S/c1-4-14-12-15-13-22-20(23-16-7-10-25(11-8-16)31(3,29)30)24-18(15)26(19(14)27)17-6-5-9-21(17,2)28/h1,12-13,16-17,28H,5-11H2,2-3H3,(H,22,23,24)/t17-,21-/m1/s1. The smallest absolute Gasteiger partial charge is 0.268 e. The number of aromatic nitrogens is 3. The summed E-state index contributed by atoms with van der Waals surface area (Å²) in [5.41, 5.74) is -0.718. The zero-order chi connectivity index (χ0) is 22.4. The fourth-order valence-corrected chi connectivity index (χ4v) is 5.51. The lowest BCUT2D eigenvalue weighted by atomic mass is 9.99. The summed E-state index contributed by atoms with van der Waals surface area (Å²) in [7, 11) is -3.19. The molecule has 2 aliphatic rings. The Morgan fingerprint density at radius 3 is 2.61 bits per heavy atom. The second-order valence-corrected chi connectivity index (χ2v) is 10.7. The lowest BCUT2D eigenvalue weighted by molar-refractivity contribution is 0.0266. The molecule has 166 valence electrons. The third kappa shape index (κ3) is 4.18. The van der Waals surface area contributed by atoms with Gasteiger partial charge in [0, 0.05) is 30.7 Å². The number of aliphatic hydroxyl groups is 1. The molecule has 0 unspecified atom stereocenters. The summed E-state index contributed by atoms with van der Waals surface area (Å²) >= 11 is 0. The van der Waals surface area contributed by atoms with Gasteiger partial charge < -0.3 is 10.4 Å². The summed E-state index contributed by atoms with van der Waals surface area (Å²) in [5, 5.41) is 14.8. The maximum atomic E-state index is 13.1. The van der Waals surface area contributed by atoms with Crippen molar-refractivity contribution >= 4 is 27.0 Å². The van der Waals surface area contributed by atoms with E-state index in [0.717, 1.165) is 6.42 Å². The van der Waals surface area contributed by atoms with Crippen LogP contribution < -0.4 is 10.9 Å². The van der Waals surface area contributed by atoms with E-state index in [-0.39, 0.29) is 17.2 Å². The van der Waals surface area contributed by atoms with Crippen LogP contribution in [0.5, 0.6) is 0 Å². The van der Waals surface area contributed by atoms with Crippen LogP contribution in [0.4, 0.5) is 5.95 Å². The summed E-state index contributed by atoms with van der Waals surface area (Å²) in [5.74, 6) is 2.80. The quantitative estimate of drug-likeness (QED) is 0.677. The van der Waals surface area contributed by atoms with Crippen LogP contribution in [0.3, 0.4) is 0 Å². The van der Waals surface area contributed by atoms with Crippen molar-refractivity contribution in [3.05, 3.63) is 28.2 Å². The van der Waals surface area contributed by atoms with Gasteiger partial charge in [0.25, 0.3) is 5.56 Å². The molecule has 4 rings (SSSR count). The first-order chi connectivity index (χ1) is 14.6. The molecule has 2 aromatic heterocycles. The predicted octanol–water partition coefficient (Wildman–Crippen LogP) is 1.08. The molecule has 0 radical (unpaired) electrons. The monoisotopic (exact) mass is 445 g/mol. The van der Waals surface area contributed by atoms with E-state index in [9.17, 15) is 18.3 Å². The molecule has 2 fully saturated rings. The van der Waals surface area contributed by atoms with Crippen LogP contribution in [0.2, 0.25) is 0 Å². The van der Waals surface area contributed by atoms with Crippen LogP contribution in [-0.4, -0.2) is 63.4 Å². The van der Waals surface area contributed by atoms with E-state index in [0.29, 0.717) is 55.8 Å². The molecule has 3 heterocycles. The number of terminal acetylenes is 1. The molecule has 2 aromatic rings. The second-order valence-electron chi connectivity index (χ2n) is 8.70. The molecular formula is C21H27N5O4S. The van der Waals surface area contributed by atoms with E-state index in [1.807, 2.05) is 0 Å². The van der Waals surface area contributed by atoms with Gasteiger partial charge in [-0.2, -0.15) is 4.98 Å². The maximum absolute atomic E-state index is 13.1. The Morgan fingerprint density at radius 2 is 2.03 bits per heavy atom. The van der Waals surface area contributed by atoms with Crippen LogP contribution in [-0.2, 0) is 10.0 Å². The third-order valence-electron chi connectivity index (χ3n) is 6.37. The molecule has 2 atom stereocenters. The SMILES string of the molecule is C#Cc1cc2cnc(NC3CCN(S(C)(=O)=O)CC3)nc2n([C@@H]2CCC[C@@]2(C)O)c1=O. The first-order valence-corrected chi connectivity index (χ1v) is 12.3. The van der Waals surface area contributed by atoms with Gasteiger partial charge in [0.1, 0.15) is 5.65 Å². The van der Waals surface area contributed by atoms with Gasteiger partial charge in [0.05, 0.1) is 23.5 Å². The lowest BCUT2D eigenvalue weighted by Crippen LogP contribution is -2.42.